The Kier molecular flexibility index (Phi) is 6.91. The second-order valence-corrected chi connectivity index (χ2v) is 5.63. The van der Waals surface area contributed by atoms with Gasteiger partial charge in [-0.2, -0.15) is 0 Å². The second kappa shape index (κ2) is 9.36. The van der Waals surface area contributed by atoms with Gasteiger partial charge >= 0.3 is 5.97 Å². The van der Waals surface area contributed by atoms with Gasteiger partial charge < -0.3 is 15.0 Å². The number of nitrogens with one attached hydrogen (secondary N) is 1. The Labute approximate surface area is 152 Å². The first kappa shape index (κ1) is 19.2. The molecule has 0 aliphatic carbocycles. The van der Waals surface area contributed by atoms with Crippen molar-refractivity contribution in [3.8, 4) is 0 Å². The molecule has 2 aromatic rings. The van der Waals surface area contributed by atoms with Crippen LogP contribution in [0.2, 0.25) is 0 Å². The number of carbonyl (C=O) groups is 3. The molecular weight excluding hydrogens is 332 g/mol. The molecule has 0 unspecified atom stereocenters. The lowest BCUT2D eigenvalue weighted by molar-refractivity contribution is -0.123. The number of amides is 2. The summed E-state index contributed by atoms with van der Waals surface area (Å²) < 4.78 is 4.93. The fraction of sp³-hybridized carbons (Fsp3) is 0.250. The van der Waals surface area contributed by atoms with E-state index in [2.05, 4.69) is 5.32 Å². The van der Waals surface area contributed by atoms with E-state index in [4.69, 9.17) is 4.74 Å². The van der Waals surface area contributed by atoms with Crippen LogP contribution >= 0.6 is 0 Å². The predicted molar refractivity (Wildman–Crippen MR) is 98.7 cm³/mol. The van der Waals surface area contributed by atoms with E-state index in [1.807, 2.05) is 30.3 Å². The van der Waals surface area contributed by atoms with E-state index in [0.29, 0.717) is 24.4 Å². The van der Waals surface area contributed by atoms with E-state index in [1.165, 1.54) is 11.8 Å². The van der Waals surface area contributed by atoms with Crippen LogP contribution in [0.15, 0.2) is 54.6 Å². The molecule has 6 nitrogen and oxygen atoms in total. The molecule has 6 heteroatoms. The first-order valence-corrected chi connectivity index (χ1v) is 8.37. The van der Waals surface area contributed by atoms with Crippen molar-refractivity contribution in [1.82, 2.24) is 5.32 Å². The van der Waals surface area contributed by atoms with Crippen molar-refractivity contribution in [2.24, 2.45) is 0 Å². The van der Waals surface area contributed by atoms with Gasteiger partial charge in [0.15, 0.2) is 0 Å². The van der Waals surface area contributed by atoms with Crippen molar-refractivity contribution in [3.63, 3.8) is 0 Å². The van der Waals surface area contributed by atoms with Crippen LogP contribution in [0.3, 0.4) is 0 Å². The Morgan fingerprint density at radius 3 is 2.23 bits per heavy atom. The highest BCUT2D eigenvalue weighted by atomic mass is 16.5. The average molecular weight is 354 g/mol. The summed E-state index contributed by atoms with van der Waals surface area (Å²) in [5.41, 5.74) is 1.92. The number of ether oxygens (including phenoxy) is 1. The van der Waals surface area contributed by atoms with Crippen LogP contribution in [0.25, 0.3) is 0 Å². The summed E-state index contributed by atoms with van der Waals surface area (Å²) in [7, 11) is 0. The van der Waals surface area contributed by atoms with Crippen molar-refractivity contribution in [2.75, 3.05) is 18.1 Å². The van der Waals surface area contributed by atoms with E-state index in [9.17, 15) is 14.4 Å². The number of hydrogen-bond donors (Lipinski definition) is 1. The van der Waals surface area contributed by atoms with Gasteiger partial charge in [0.25, 0.3) is 0 Å². The highest BCUT2D eigenvalue weighted by Crippen LogP contribution is 2.16. The number of anilines is 1. The predicted octanol–water partition coefficient (Wildman–Crippen LogP) is 2.53. The largest absolute Gasteiger partial charge is 0.462 e. The quantitative estimate of drug-likeness (QED) is 0.775. The molecule has 0 radical (unpaired) electrons. The van der Waals surface area contributed by atoms with Crippen molar-refractivity contribution in [2.45, 2.75) is 20.4 Å². The van der Waals surface area contributed by atoms with Gasteiger partial charge in [0.1, 0.15) is 6.54 Å². The maximum atomic E-state index is 12.2. The van der Waals surface area contributed by atoms with Crippen LogP contribution in [0, 0.1) is 0 Å². The maximum Gasteiger partial charge on any atom is 0.338 e. The lowest BCUT2D eigenvalue weighted by atomic mass is 10.2. The molecule has 26 heavy (non-hydrogen) atoms. The Morgan fingerprint density at radius 2 is 1.65 bits per heavy atom. The van der Waals surface area contributed by atoms with Gasteiger partial charge in [-0.3, -0.25) is 9.59 Å². The molecule has 2 amide bonds. The summed E-state index contributed by atoms with van der Waals surface area (Å²) in [6.07, 6.45) is 0. The molecule has 0 heterocycles. The molecule has 0 spiro atoms. The fourth-order valence-corrected chi connectivity index (χ4v) is 2.37. The third-order valence-corrected chi connectivity index (χ3v) is 3.70. The SMILES string of the molecule is CCOC(=O)c1ccc(N(CC(=O)NCc2ccccc2)C(C)=O)cc1. The minimum atomic E-state index is -0.422. The molecule has 2 aromatic carbocycles. The van der Waals surface area contributed by atoms with Gasteiger partial charge in [-0.1, -0.05) is 30.3 Å². The Morgan fingerprint density at radius 1 is 1.00 bits per heavy atom. The standard InChI is InChI=1S/C20H22N2O4/c1-3-26-20(25)17-9-11-18(12-10-17)22(15(2)23)14-19(24)21-13-16-7-5-4-6-8-16/h4-12H,3,13-14H2,1-2H3,(H,21,24). The smallest absolute Gasteiger partial charge is 0.338 e. The van der Waals surface area contributed by atoms with Gasteiger partial charge in [-0.05, 0) is 36.8 Å². The van der Waals surface area contributed by atoms with Gasteiger partial charge in [0.05, 0.1) is 12.2 Å². The molecule has 136 valence electrons. The first-order valence-electron chi connectivity index (χ1n) is 8.37. The highest BCUT2D eigenvalue weighted by molar-refractivity contribution is 5.98. The highest BCUT2D eigenvalue weighted by Gasteiger charge is 2.16. The van der Waals surface area contributed by atoms with Crippen molar-refractivity contribution in [1.29, 1.82) is 0 Å². The molecule has 0 bridgehead atoms. The second-order valence-electron chi connectivity index (χ2n) is 5.63. The Bertz CT molecular complexity index is 757. The number of hydrogen-bond acceptors (Lipinski definition) is 4. The minimum absolute atomic E-state index is 0.0963. The molecule has 1 N–H and O–H groups in total. The van der Waals surface area contributed by atoms with Crippen LogP contribution in [0.4, 0.5) is 5.69 Å². The van der Waals surface area contributed by atoms with Crippen LogP contribution < -0.4 is 10.2 Å². The zero-order chi connectivity index (χ0) is 18.9. The lowest BCUT2D eigenvalue weighted by Gasteiger charge is -2.21. The third-order valence-electron chi connectivity index (χ3n) is 3.70. The average Bonchev–Trinajstić information content (AvgIpc) is 2.65. The summed E-state index contributed by atoms with van der Waals surface area (Å²) in [5.74, 6) is -0.948. The number of carbonyl (C=O) groups excluding carboxylic acids is 3. The molecule has 0 saturated heterocycles. The van der Waals surface area contributed by atoms with Crippen molar-refractivity contribution in [3.05, 3.63) is 65.7 Å². The molecule has 0 saturated carbocycles. The van der Waals surface area contributed by atoms with Crippen molar-refractivity contribution >= 4 is 23.5 Å². The molecule has 0 atom stereocenters. The van der Waals surface area contributed by atoms with Crippen LogP contribution in [-0.2, 0) is 20.9 Å². The molecule has 0 fully saturated rings. The molecule has 0 aliphatic rings. The molecule has 2 rings (SSSR count). The van der Waals surface area contributed by atoms with Crippen molar-refractivity contribution < 1.29 is 19.1 Å². The zero-order valence-electron chi connectivity index (χ0n) is 14.9. The summed E-state index contributed by atoms with van der Waals surface area (Å²) in [4.78, 5) is 37.2. The monoisotopic (exact) mass is 354 g/mol. The number of rotatable bonds is 7. The van der Waals surface area contributed by atoms with Crippen LogP contribution in [0.1, 0.15) is 29.8 Å². The summed E-state index contributed by atoms with van der Waals surface area (Å²) >= 11 is 0. The van der Waals surface area contributed by atoms with Gasteiger partial charge in [-0.15, -0.1) is 0 Å². The first-order chi connectivity index (χ1) is 12.5. The molecular formula is C20H22N2O4. The van der Waals surface area contributed by atoms with E-state index in [0.717, 1.165) is 5.56 Å². The Balaban J connectivity index is 2.00. The van der Waals surface area contributed by atoms with Gasteiger partial charge in [-0.25, -0.2) is 4.79 Å². The summed E-state index contributed by atoms with van der Waals surface area (Å²) in [6, 6.07) is 15.9. The summed E-state index contributed by atoms with van der Waals surface area (Å²) in [6.45, 7) is 3.72. The number of nitrogens with zero attached hydrogens (tertiary/aromatic N) is 1. The van der Waals surface area contributed by atoms with E-state index >= 15 is 0 Å². The topological polar surface area (TPSA) is 75.7 Å². The number of esters is 1. The van der Waals surface area contributed by atoms with E-state index in [-0.39, 0.29) is 18.4 Å². The van der Waals surface area contributed by atoms with E-state index < -0.39 is 5.97 Å². The van der Waals surface area contributed by atoms with Gasteiger partial charge in [0.2, 0.25) is 11.8 Å². The van der Waals surface area contributed by atoms with Gasteiger partial charge in [0, 0.05) is 19.2 Å². The zero-order valence-corrected chi connectivity index (χ0v) is 14.9. The van der Waals surface area contributed by atoms with E-state index in [1.54, 1.807) is 31.2 Å². The van der Waals surface area contributed by atoms with Crippen LogP contribution in [-0.4, -0.2) is 30.9 Å². The minimum Gasteiger partial charge on any atom is -0.462 e. The maximum absolute atomic E-state index is 12.2. The lowest BCUT2D eigenvalue weighted by Crippen LogP contribution is -2.39. The number of benzene rings is 2. The molecule has 0 aliphatic heterocycles. The van der Waals surface area contributed by atoms with Crippen LogP contribution in [0.5, 0.6) is 0 Å². The normalized spacial score (nSPS) is 10.1. The fourth-order valence-electron chi connectivity index (χ4n) is 2.37. The third kappa shape index (κ3) is 5.44. The summed E-state index contributed by atoms with van der Waals surface area (Å²) in [5, 5.41) is 2.79. The Hall–Kier alpha value is -3.15. The molecule has 0 aromatic heterocycles.